The van der Waals surface area contributed by atoms with Crippen molar-refractivity contribution in [2.24, 2.45) is 0 Å². The summed E-state index contributed by atoms with van der Waals surface area (Å²) in [7, 11) is 0. The van der Waals surface area contributed by atoms with E-state index in [-0.39, 0.29) is 12.1 Å². The number of rotatable bonds is 5. The number of carbonyl (C=O) groups excluding carboxylic acids is 2. The average molecular weight is 334 g/mol. The summed E-state index contributed by atoms with van der Waals surface area (Å²) in [5, 5.41) is 18.7. The van der Waals surface area contributed by atoms with Crippen LogP contribution in [0.4, 0.5) is 9.59 Å². The molecule has 0 spiro atoms. The number of benzene rings is 1. The number of aliphatic hydroxyl groups is 1. The Balaban J connectivity index is 2.07. The monoisotopic (exact) mass is 334 g/mol. The summed E-state index contributed by atoms with van der Waals surface area (Å²) < 4.78 is 0. The molecule has 0 bridgehead atoms. The zero-order valence-electron chi connectivity index (χ0n) is 14.8. The minimum Gasteiger partial charge on any atom is -0.386 e. The second-order valence-corrected chi connectivity index (χ2v) is 6.87. The normalized spacial score (nSPS) is 17.7. The zero-order valence-corrected chi connectivity index (χ0v) is 14.8. The summed E-state index contributed by atoms with van der Waals surface area (Å²) in [6, 6.07) is 6.37. The first-order chi connectivity index (χ1) is 11.1. The van der Waals surface area contributed by atoms with Crippen LogP contribution in [0.25, 0.3) is 0 Å². The maximum absolute atomic E-state index is 12.0. The Labute approximate surface area is 142 Å². The Morgan fingerprint density at radius 3 is 2.25 bits per heavy atom. The van der Waals surface area contributed by atoms with Gasteiger partial charge in [-0.05, 0) is 45.7 Å². The summed E-state index contributed by atoms with van der Waals surface area (Å²) in [5.74, 6) is 0. The molecule has 7 nitrogen and oxygen atoms in total. The quantitative estimate of drug-likeness (QED) is 0.662. The third-order valence-electron chi connectivity index (χ3n) is 4.00. The summed E-state index contributed by atoms with van der Waals surface area (Å²) in [4.78, 5) is 25.2. The number of hydrogen-bond acceptors (Lipinski definition) is 4. The first-order valence-electron chi connectivity index (χ1n) is 8.08. The number of amides is 4. The second kappa shape index (κ2) is 6.78. The molecule has 1 aliphatic heterocycles. The highest BCUT2D eigenvalue weighted by Crippen LogP contribution is 2.23. The van der Waals surface area contributed by atoms with Crippen LogP contribution in [0.3, 0.4) is 0 Å². The Hall–Kier alpha value is -2.12. The molecular formula is C17H26N4O3. The molecule has 1 saturated heterocycles. The number of carbonyl (C=O) groups is 2. The smallest absolute Gasteiger partial charge is 0.328 e. The molecule has 0 unspecified atom stereocenters. The van der Waals surface area contributed by atoms with Crippen LogP contribution < -0.4 is 16.0 Å². The van der Waals surface area contributed by atoms with Crippen molar-refractivity contribution in [2.75, 3.05) is 0 Å². The Kier molecular flexibility index (Phi) is 5.15. The molecule has 1 aliphatic rings. The number of nitrogens with one attached hydrogen (secondary N) is 3. The van der Waals surface area contributed by atoms with Crippen molar-refractivity contribution < 1.29 is 14.7 Å². The van der Waals surface area contributed by atoms with Crippen molar-refractivity contribution in [2.45, 2.75) is 58.6 Å². The van der Waals surface area contributed by atoms with Crippen molar-refractivity contribution in [3.05, 3.63) is 35.4 Å². The van der Waals surface area contributed by atoms with Gasteiger partial charge in [-0.15, -0.1) is 0 Å². The van der Waals surface area contributed by atoms with Crippen LogP contribution in [0, 0.1) is 0 Å². The minimum absolute atomic E-state index is 0.136. The Bertz CT molecular complexity index is 607. The van der Waals surface area contributed by atoms with Gasteiger partial charge in [0, 0.05) is 12.1 Å². The maximum Gasteiger partial charge on any atom is 0.328 e. The summed E-state index contributed by atoms with van der Waals surface area (Å²) >= 11 is 0. The molecule has 1 atom stereocenters. The lowest BCUT2D eigenvalue weighted by molar-refractivity contribution is 0.0785. The number of nitrogens with zero attached hydrogens (tertiary/aromatic N) is 1. The van der Waals surface area contributed by atoms with Crippen LogP contribution in [0.15, 0.2) is 24.3 Å². The van der Waals surface area contributed by atoms with Crippen LogP contribution in [0.2, 0.25) is 0 Å². The molecule has 4 N–H and O–H groups in total. The standard InChI is InChI=1S/C17H26N4O3/c1-10(2)21-15(22)19-14(20-16(21)23)18-11(3)12-7-6-8-13(9-12)17(4,5)24/h6-11,14,18,24H,1-5H3,(H,19,22)(H,20,23)/t11-/m0/s1. The molecule has 7 heteroatoms. The van der Waals surface area contributed by atoms with E-state index in [1.807, 2.05) is 31.2 Å². The predicted molar refractivity (Wildman–Crippen MR) is 91.1 cm³/mol. The summed E-state index contributed by atoms with van der Waals surface area (Å²) in [6.45, 7) is 8.94. The Morgan fingerprint density at radius 1 is 1.17 bits per heavy atom. The molecule has 24 heavy (non-hydrogen) atoms. The number of imide groups is 1. The fraction of sp³-hybridized carbons (Fsp3) is 0.529. The molecule has 1 heterocycles. The van der Waals surface area contributed by atoms with Crippen molar-refractivity contribution in [1.82, 2.24) is 20.9 Å². The lowest BCUT2D eigenvalue weighted by Crippen LogP contribution is -2.69. The van der Waals surface area contributed by atoms with Crippen molar-refractivity contribution in [1.29, 1.82) is 0 Å². The molecule has 1 aromatic rings. The van der Waals surface area contributed by atoms with E-state index in [2.05, 4.69) is 16.0 Å². The fourth-order valence-corrected chi connectivity index (χ4v) is 2.60. The van der Waals surface area contributed by atoms with E-state index in [0.29, 0.717) is 0 Å². The molecular weight excluding hydrogens is 308 g/mol. The van der Waals surface area contributed by atoms with Gasteiger partial charge in [-0.25, -0.2) is 14.5 Å². The van der Waals surface area contributed by atoms with E-state index in [1.165, 1.54) is 0 Å². The van der Waals surface area contributed by atoms with Gasteiger partial charge in [-0.3, -0.25) is 5.32 Å². The van der Waals surface area contributed by atoms with Crippen molar-refractivity contribution in [3.8, 4) is 0 Å². The molecule has 4 amide bonds. The van der Waals surface area contributed by atoms with Crippen molar-refractivity contribution >= 4 is 12.1 Å². The molecule has 2 rings (SSSR count). The summed E-state index contributed by atoms with van der Waals surface area (Å²) in [6.07, 6.45) is -0.652. The van der Waals surface area contributed by atoms with Crippen LogP contribution >= 0.6 is 0 Å². The van der Waals surface area contributed by atoms with Gasteiger partial charge in [-0.2, -0.15) is 0 Å². The lowest BCUT2D eigenvalue weighted by atomic mass is 9.95. The van der Waals surface area contributed by atoms with Gasteiger partial charge in [0.2, 0.25) is 0 Å². The lowest BCUT2D eigenvalue weighted by Gasteiger charge is -2.36. The van der Waals surface area contributed by atoms with Gasteiger partial charge in [0.05, 0.1) is 5.60 Å². The first kappa shape index (κ1) is 18.2. The van der Waals surface area contributed by atoms with Crippen LogP contribution in [-0.4, -0.2) is 34.4 Å². The van der Waals surface area contributed by atoms with E-state index < -0.39 is 24.0 Å². The largest absolute Gasteiger partial charge is 0.386 e. The van der Waals surface area contributed by atoms with Crippen molar-refractivity contribution in [3.63, 3.8) is 0 Å². The third kappa shape index (κ3) is 4.04. The van der Waals surface area contributed by atoms with Gasteiger partial charge < -0.3 is 15.7 Å². The molecule has 1 fully saturated rings. The third-order valence-corrected chi connectivity index (χ3v) is 4.00. The van der Waals surface area contributed by atoms with E-state index in [9.17, 15) is 14.7 Å². The topological polar surface area (TPSA) is 93.7 Å². The second-order valence-electron chi connectivity index (χ2n) is 6.87. The predicted octanol–water partition coefficient (Wildman–Crippen LogP) is 1.99. The highest BCUT2D eigenvalue weighted by Gasteiger charge is 2.33. The first-order valence-corrected chi connectivity index (χ1v) is 8.08. The van der Waals surface area contributed by atoms with E-state index in [4.69, 9.17) is 0 Å². The van der Waals surface area contributed by atoms with Crippen LogP contribution in [0.5, 0.6) is 0 Å². The van der Waals surface area contributed by atoms with Gasteiger partial charge in [0.25, 0.3) is 0 Å². The van der Waals surface area contributed by atoms with E-state index >= 15 is 0 Å². The molecule has 0 aliphatic carbocycles. The molecule has 132 valence electrons. The minimum atomic E-state index is -0.930. The molecule has 0 aromatic heterocycles. The van der Waals surface area contributed by atoms with Gasteiger partial charge in [-0.1, -0.05) is 24.3 Å². The van der Waals surface area contributed by atoms with Crippen LogP contribution in [-0.2, 0) is 5.60 Å². The van der Waals surface area contributed by atoms with Crippen LogP contribution in [0.1, 0.15) is 51.8 Å². The van der Waals surface area contributed by atoms with Gasteiger partial charge >= 0.3 is 12.1 Å². The summed E-state index contributed by atoms with van der Waals surface area (Å²) in [5.41, 5.74) is 0.821. The highest BCUT2D eigenvalue weighted by molar-refractivity contribution is 5.96. The number of urea groups is 2. The molecule has 0 radical (unpaired) electrons. The number of hydrogen-bond donors (Lipinski definition) is 4. The average Bonchev–Trinajstić information content (AvgIpc) is 2.45. The highest BCUT2D eigenvalue weighted by atomic mass is 16.3. The molecule has 0 saturated carbocycles. The molecule has 1 aromatic carbocycles. The van der Waals surface area contributed by atoms with Gasteiger partial charge in [0.15, 0.2) is 6.29 Å². The fourth-order valence-electron chi connectivity index (χ4n) is 2.60. The van der Waals surface area contributed by atoms with E-state index in [1.54, 1.807) is 27.7 Å². The Morgan fingerprint density at radius 2 is 1.75 bits per heavy atom. The SMILES string of the molecule is CC(C)N1C(=O)NC(N[C@@H](C)c2cccc(C(C)(C)O)c2)NC1=O. The maximum atomic E-state index is 12.0. The van der Waals surface area contributed by atoms with E-state index in [0.717, 1.165) is 16.0 Å². The van der Waals surface area contributed by atoms with Gasteiger partial charge in [0.1, 0.15) is 0 Å². The zero-order chi connectivity index (χ0) is 18.1.